The van der Waals surface area contributed by atoms with E-state index in [0.717, 1.165) is 34.0 Å². The average molecular weight is 341 g/mol. The highest BCUT2D eigenvalue weighted by Gasteiger charge is 2.24. The van der Waals surface area contributed by atoms with Crippen LogP contribution in [0.1, 0.15) is 34.2 Å². The number of benzene rings is 1. The van der Waals surface area contributed by atoms with Gasteiger partial charge < -0.3 is 9.72 Å². The number of nitrogens with zero attached hydrogens (tertiary/aromatic N) is 2. The zero-order valence-electron chi connectivity index (χ0n) is 13.1. The summed E-state index contributed by atoms with van der Waals surface area (Å²) in [6.07, 6.45) is 2.52. The molecule has 1 unspecified atom stereocenters. The third-order valence-electron chi connectivity index (χ3n) is 4.25. The second-order valence-electron chi connectivity index (χ2n) is 5.87. The monoisotopic (exact) mass is 341 g/mol. The molecule has 0 saturated carbocycles. The molecule has 1 atom stereocenters. The molecule has 24 heavy (non-hydrogen) atoms. The maximum Gasteiger partial charge on any atom is 0.271 e. The van der Waals surface area contributed by atoms with Crippen molar-refractivity contribution in [2.45, 2.75) is 24.3 Å². The molecule has 0 saturated heterocycles. The van der Waals surface area contributed by atoms with E-state index >= 15 is 0 Å². The van der Waals surface area contributed by atoms with Crippen LogP contribution in [0.2, 0.25) is 0 Å². The summed E-state index contributed by atoms with van der Waals surface area (Å²) in [4.78, 5) is 18.0. The first-order valence-electron chi connectivity index (χ1n) is 7.79. The van der Waals surface area contributed by atoms with Gasteiger partial charge in [-0.25, -0.2) is 9.37 Å². The van der Waals surface area contributed by atoms with E-state index in [1.54, 1.807) is 24.0 Å². The highest BCUT2D eigenvalue weighted by molar-refractivity contribution is 7.99. The highest BCUT2D eigenvalue weighted by atomic mass is 32.2. The van der Waals surface area contributed by atoms with Crippen molar-refractivity contribution in [1.82, 2.24) is 14.7 Å². The van der Waals surface area contributed by atoms with Gasteiger partial charge in [0, 0.05) is 22.5 Å². The number of carbonyl (C=O) groups is 1. The Morgan fingerprint density at radius 3 is 3.08 bits per heavy atom. The normalized spacial score (nSPS) is 16.8. The van der Waals surface area contributed by atoms with E-state index < -0.39 is 0 Å². The van der Waals surface area contributed by atoms with Crippen molar-refractivity contribution in [2.24, 2.45) is 0 Å². The minimum absolute atomic E-state index is 0.185. The van der Waals surface area contributed by atoms with E-state index in [4.69, 9.17) is 0 Å². The first-order valence-corrected chi connectivity index (χ1v) is 8.78. The molecule has 3 heterocycles. The molecule has 1 aliphatic rings. The van der Waals surface area contributed by atoms with Gasteiger partial charge >= 0.3 is 0 Å². The lowest BCUT2D eigenvalue weighted by atomic mass is 10.0. The van der Waals surface area contributed by atoms with Gasteiger partial charge in [0.2, 0.25) is 0 Å². The number of pyridine rings is 1. The fourth-order valence-electron chi connectivity index (χ4n) is 3.01. The molecule has 4 rings (SSSR count). The van der Waals surface area contributed by atoms with Crippen LogP contribution in [0.5, 0.6) is 0 Å². The summed E-state index contributed by atoms with van der Waals surface area (Å²) >= 11 is 1.69. The molecule has 4 nitrogen and oxygen atoms in total. The van der Waals surface area contributed by atoms with E-state index in [-0.39, 0.29) is 17.8 Å². The Balaban J connectivity index is 1.62. The van der Waals surface area contributed by atoms with E-state index in [2.05, 4.69) is 10.3 Å². The number of amides is 1. The molecular weight excluding hydrogens is 325 g/mol. The maximum absolute atomic E-state index is 13.6. The van der Waals surface area contributed by atoms with Crippen LogP contribution in [0.15, 0.2) is 47.5 Å². The number of carbonyl (C=O) groups excluding carboxylic acids is 1. The lowest BCUT2D eigenvalue weighted by Crippen LogP contribution is -2.31. The molecule has 0 fully saturated rings. The Kier molecular flexibility index (Phi) is 3.76. The molecule has 0 bridgehead atoms. The summed E-state index contributed by atoms with van der Waals surface area (Å²) < 4.78 is 15.5. The fourth-order valence-corrected chi connectivity index (χ4v) is 4.11. The molecule has 0 radical (unpaired) electrons. The van der Waals surface area contributed by atoms with Crippen LogP contribution >= 0.6 is 11.8 Å². The van der Waals surface area contributed by atoms with Crippen LogP contribution < -0.4 is 5.32 Å². The maximum atomic E-state index is 13.6. The van der Waals surface area contributed by atoms with Crippen molar-refractivity contribution in [3.05, 3.63) is 65.4 Å². The summed E-state index contributed by atoms with van der Waals surface area (Å²) in [7, 11) is 0. The van der Waals surface area contributed by atoms with Crippen LogP contribution in [0.25, 0.3) is 5.65 Å². The number of halogens is 1. The Morgan fingerprint density at radius 2 is 2.25 bits per heavy atom. The summed E-state index contributed by atoms with van der Waals surface area (Å²) in [6, 6.07) is 10.3. The van der Waals surface area contributed by atoms with E-state index in [1.165, 1.54) is 12.1 Å². The minimum Gasteiger partial charge on any atom is -0.344 e. The Hall–Kier alpha value is -2.34. The summed E-state index contributed by atoms with van der Waals surface area (Å²) in [5.74, 6) is 0.387. The van der Waals surface area contributed by atoms with Gasteiger partial charge in [0.1, 0.15) is 17.2 Å². The van der Waals surface area contributed by atoms with Gasteiger partial charge in [-0.05, 0) is 49.2 Å². The molecular formula is C18H16FN3OS. The van der Waals surface area contributed by atoms with E-state index in [9.17, 15) is 9.18 Å². The average Bonchev–Trinajstić information content (AvgIpc) is 3.01. The van der Waals surface area contributed by atoms with Gasteiger partial charge in [-0.3, -0.25) is 4.79 Å². The van der Waals surface area contributed by atoms with Gasteiger partial charge in [-0.2, -0.15) is 0 Å². The van der Waals surface area contributed by atoms with E-state index in [1.807, 2.05) is 29.5 Å². The van der Waals surface area contributed by atoms with Crippen molar-refractivity contribution >= 4 is 23.3 Å². The van der Waals surface area contributed by atoms with Gasteiger partial charge in [-0.1, -0.05) is 6.07 Å². The number of fused-ring (bicyclic) bond motifs is 2. The number of hydrogen-bond acceptors (Lipinski definition) is 3. The van der Waals surface area contributed by atoms with E-state index in [0.29, 0.717) is 5.69 Å². The quantitative estimate of drug-likeness (QED) is 0.772. The number of hydrogen-bond donors (Lipinski definition) is 1. The Bertz CT molecular complexity index is 937. The summed E-state index contributed by atoms with van der Waals surface area (Å²) in [5, 5.41) is 3.00. The third-order valence-corrected chi connectivity index (χ3v) is 5.37. The van der Waals surface area contributed by atoms with Crippen molar-refractivity contribution in [2.75, 3.05) is 5.75 Å². The molecule has 1 aromatic carbocycles. The highest BCUT2D eigenvalue weighted by Crippen LogP contribution is 2.36. The molecule has 6 heteroatoms. The molecule has 1 aliphatic heterocycles. The van der Waals surface area contributed by atoms with Crippen molar-refractivity contribution in [3.63, 3.8) is 0 Å². The molecule has 0 spiro atoms. The van der Waals surface area contributed by atoms with Crippen LogP contribution in [-0.2, 0) is 0 Å². The fraction of sp³-hybridized carbons (Fsp3) is 0.222. The van der Waals surface area contributed by atoms with Crippen LogP contribution in [-0.4, -0.2) is 21.0 Å². The molecule has 0 aliphatic carbocycles. The molecule has 122 valence electrons. The number of nitrogens with one attached hydrogen (secondary N) is 1. The molecule has 1 N–H and O–H groups in total. The van der Waals surface area contributed by atoms with Gasteiger partial charge in [-0.15, -0.1) is 11.8 Å². The van der Waals surface area contributed by atoms with Gasteiger partial charge in [0.15, 0.2) is 0 Å². The second kappa shape index (κ2) is 5.94. The van der Waals surface area contributed by atoms with Crippen LogP contribution in [0.3, 0.4) is 0 Å². The summed E-state index contributed by atoms with van der Waals surface area (Å²) in [6.45, 7) is 1.97. The molecule has 1 amide bonds. The number of aromatic nitrogens is 2. The van der Waals surface area contributed by atoms with Gasteiger partial charge in [0.25, 0.3) is 5.91 Å². The number of thioether (sulfide) groups is 1. The van der Waals surface area contributed by atoms with Gasteiger partial charge in [0.05, 0.1) is 6.04 Å². The predicted octanol–water partition coefficient (Wildman–Crippen LogP) is 3.75. The first-order chi connectivity index (χ1) is 11.6. The lowest BCUT2D eigenvalue weighted by molar-refractivity contribution is 0.0930. The number of aryl methyl sites for hydroxylation is 1. The first kappa shape index (κ1) is 15.2. The van der Waals surface area contributed by atoms with Crippen molar-refractivity contribution in [1.29, 1.82) is 0 Å². The largest absolute Gasteiger partial charge is 0.344 e. The lowest BCUT2D eigenvalue weighted by Gasteiger charge is -2.25. The van der Waals surface area contributed by atoms with Crippen molar-refractivity contribution < 1.29 is 9.18 Å². The minimum atomic E-state index is -0.279. The number of rotatable bonds is 2. The Labute approximate surface area is 143 Å². The summed E-state index contributed by atoms with van der Waals surface area (Å²) in [5.41, 5.74) is 2.98. The topological polar surface area (TPSA) is 46.4 Å². The zero-order valence-corrected chi connectivity index (χ0v) is 13.9. The smallest absolute Gasteiger partial charge is 0.271 e. The standard InChI is InChI=1S/C18H16FN3OS/c1-11-3-2-4-17-20-15(10-22(11)17)18(23)21-14-7-8-24-16-6-5-12(19)9-13(14)16/h2-6,9-10,14H,7-8H2,1H3,(H,21,23). The van der Waals surface area contributed by atoms with Crippen LogP contribution in [0, 0.1) is 12.7 Å². The predicted molar refractivity (Wildman–Crippen MR) is 91.9 cm³/mol. The SMILES string of the molecule is Cc1cccc2nc(C(=O)NC3CCSc4ccc(F)cc43)cn12. The zero-order chi connectivity index (χ0) is 16.7. The molecule has 2 aromatic heterocycles. The number of imidazole rings is 1. The van der Waals surface area contributed by atoms with Crippen LogP contribution in [0.4, 0.5) is 4.39 Å². The van der Waals surface area contributed by atoms with Crippen molar-refractivity contribution in [3.8, 4) is 0 Å². The Morgan fingerprint density at radius 1 is 1.38 bits per heavy atom. The second-order valence-corrected chi connectivity index (χ2v) is 7.00. The third kappa shape index (κ3) is 2.67. The molecule has 3 aromatic rings.